The topological polar surface area (TPSA) is 49.9 Å². The summed E-state index contributed by atoms with van der Waals surface area (Å²) >= 11 is 1.81. The Morgan fingerprint density at radius 3 is 2.15 bits per heavy atom. The van der Waals surface area contributed by atoms with E-state index in [1.165, 1.54) is 36.3 Å². The van der Waals surface area contributed by atoms with Crippen molar-refractivity contribution in [3.63, 3.8) is 0 Å². The average molecular weight is 684 g/mol. The minimum atomic E-state index is -0.447. The Balaban J connectivity index is 1.17. The first-order chi connectivity index (χ1) is 25.7. The lowest BCUT2D eigenvalue weighted by Crippen LogP contribution is -2.33. The van der Waals surface area contributed by atoms with Crippen LogP contribution in [0.2, 0.25) is 0 Å². The summed E-state index contributed by atoms with van der Waals surface area (Å²) in [6.45, 7) is 0. The molecule has 1 N–H and O–H groups in total. The lowest BCUT2D eigenvalue weighted by molar-refractivity contribution is 0.662. The van der Waals surface area contributed by atoms with Crippen LogP contribution in [0.15, 0.2) is 178 Å². The van der Waals surface area contributed by atoms with Gasteiger partial charge in [0.05, 0.1) is 0 Å². The van der Waals surface area contributed by atoms with Gasteiger partial charge in [0.2, 0.25) is 0 Å². The van der Waals surface area contributed by atoms with Crippen LogP contribution in [0.25, 0.3) is 74.8 Å². The fourth-order valence-corrected chi connectivity index (χ4v) is 9.09. The summed E-state index contributed by atoms with van der Waals surface area (Å²) in [5.74, 6) is 1.50. The Kier molecular flexibility index (Phi) is 6.45. The van der Waals surface area contributed by atoms with Gasteiger partial charge in [-0.25, -0.2) is 9.98 Å². The van der Waals surface area contributed by atoms with Crippen LogP contribution in [0, 0.1) is 0 Å². The van der Waals surface area contributed by atoms with Gasteiger partial charge in [-0.1, -0.05) is 127 Å². The van der Waals surface area contributed by atoms with Gasteiger partial charge in [0.1, 0.15) is 23.2 Å². The molecule has 3 heterocycles. The number of benzene rings is 8. The maximum absolute atomic E-state index is 6.62. The van der Waals surface area contributed by atoms with Crippen LogP contribution in [0.4, 0.5) is 0 Å². The van der Waals surface area contributed by atoms with Gasteiger partial charge in [-0.2, -0.15) is 0 Å². The van der Waals surface area contributed by atoms with Crippen LogP contribution in [-0.4, -0.2) is 11.7 Å². The number of furan rings is 1. The van der Waals surface area contributed by atoms with E-state index in [2.05, 4.69) is 157 Å². The maximum atomic E-state index is 6.62. The molecule has 0 radical (unpaired) electrons. The van der Waals surface area contributed by atoms with Gasteiger partial charge < -0.3 is 9.73 Å². The molecule has 0 saturated carbocycles. The van der Waals surface area contributed by atoms with Crippen LogP contribution >= 0.6 is 11.3 Å². The largest absolute Gasteiger partial charge is 0.456 e. The number of thiophene rings is 1. The Morgan fingerprint density at radius 1 is 0.519 bits per heavy atom. The molecule has 1 unspecified atom stereocenters. The number of amidine groups is 2. The van der Waals surface area contributed by atoms with E-state index in [4.69, 9.17) is 14.4 Å². The number of hydrogen-bond acceptors (Lipinski definition) is 5. The molecule has 52 heavy (non-hydrogen) atoms. The van der Waals surface area contributed by atoms with Crippen LogP contribution in [0.3, 0.4) is 0 Å². The molecular formula is C47H29N3OS. The number of fused-ring (bicyclic) bond motifs is 8. The van der Waals surface area contributed by atoms with E-state index in [9.17, 15) is 0 Å². The molecule has 10 aromatic rings. The fourth-order valence-electron chi connectivity index (χ4n) is 7.87. The van der Waals surface area contributed by atoms with E-state index in [1.807, 2.05) is 23.5 Å². The summed E-state index contributed by atoms with van der Waals surface area (Å²) in [6, 6.07) is 57.9. The van der Waals surface area contributed by atoms with Crippen LogP contribution in [0.5, 0.6) is 0 Å². The first-order valence-electron chi connectivity index (χ1n) is 17.5. The predicted octanol–water partition coefficient (Wildman–Crippen LogP) is 12.4. The molecule has 5 heteroatoms. The van der Waals surface area contributed by atoms with Gasteiger partial charge in [0, 0.05) is 47.6 Å². The lowest BCUT2D eigenvalue weighted by atomic mass is 9.93. The number of rotatable bonds is 4. The Hall–Kier alpha value is -6.56. The van der Waals surface area contributed by atoms with Crippen molar-refractivity contribution in [2.24, 2.45) is 9.98 Å². The number of nitrogens with zero attached hydrogens (tertiary/aromatic N) is 2. The summed E-state index contributed by atoms with van der Waals surface area (Å²) in [5.41, 5.74) is 7.01. The quantitative estimate of drug-likeness (QED) is 0.201. The first-order valence-corrected chi connectivity index (χ1v) is 18.3. The lowest BCUT2D eigenvalue weighted by Gasteiger charge is -2.25. The van der Waals surface area contributed by atoms with Gasteiger partial charge in [-0.3, -0.25) is 0 Å². The first kappa shape index (κ1) is 29.2. The summed E-state index contributed by atoms with van der Waals surface area (Å²) < 4.78 is 9.08. The summed E-state index contributed by atoms with van der Waals surface area (Å²) in [7, 11) is 0. The molecule has 4 nitrogen and oxygen atoms in total. The third-order valence-corrected chi connectivity index (χ3v) is 11.5. The number of aliphatic imine (C=N–C) groups is 2. The van der Waals surface area contributed by atoms with Crippen molar-refractivity contribution in [2.45, 2.75) is 6.17 Å². The fraction of sp³-hybridized carbons (Fsp3) is 0.0213. The number of para-hydroxylation sites is 1. The van der Waals surface area contributed by atoms with E-state index < -0.39 is 6.17 Å². The molecule has 1 aliphatic rings. The highest BCUT2D eigenvalue weighted by atomic mass is 32.1. The zero-order chi connectivity index (χ0) is 34.2. The normalized spacial score (nSPS) is 14.7. The third-order valence-electron chi connectivity index (χ3n) is 10.3. The van der Waals surface area contributed by atoms with Crippen LogP contribution in [0.1, 0.15) is 22.9 Å². The highest BCUT2D eigenvalue weighted by molar-refractivity contribution is 7.26. The Labute approximate surface area is 303 Å². The summed E-state index contributed by atoms with van der Waals surface area (Å²) in [6.07, 6.45) is -0.447. The molecule has 0 amide bonds. The average Bonchev–Trinajstić information content (AvgIpc) is 3.78. The molecule has 0 spiro atoms. The second-order valence-corrected chi connectivity index (χ2v) is 14.4. The Bertz CT molecular complexity index is 3120. The Morgan fingerprint density at radius 2 is 1.23 bits per heavy atom. The van der Waals surface area contributed by atoms with Crippen molar-refractivity contribution in [3.05, 3.63) is 180 Å². The summed E-state index contributed by atoms with van der Waals surface area (Å²) in [5, 5.41) is 13.2. The highest BCUT2D eigenvalue weighted by Crippen LogP contribution is 2.41. The molecular weight excluding hydrogens is 655 g/mol. The number of hydrogen-bond donors (Lipinski definition) is 1. The van der Waals surface area contributed by atoms with Gasteiger partial charge in [-0.15, -0.1) is 11.3 Å². The molecule has 244 valence electrons. The van der Waals surface area contributed by atoms with E-state index in [0.29, 0.717) is 5.84 Å². The van der Waals surface area contributed by atoms with E-state index in [1.54, 1.807) is 0 Å². The van der Waals surface area contributed by atoms with Crippen LogP contribution in [-0.2, 0) is 0 Å². The van der Waals surface area contributed by atoms with Crippen molar-refractivity contribution in [1.82, 2.24) is 5.32 Å². The van der Waals surface area contributed by atoms with Gasteiger partial charge >= 0.3 is 0 Å². The zero-order valence-corrected chi connectivity index (χ0v) is 28.7. The van der Waals surface area contributed by atoms with Gasteiger partial charge in [0.15, 0.2) is 5.84 Å². The molecule has 2 aromatic heterocycles. The third kappa shape index (κ3) is 4.60. The molecule has 11 rings (SSSR count). The molecule has 8 aromatic carbocycles. The maximum Gasteiger partial charge on any atom is 0.159 e. The molecule has 1 atom stereocenters. The van der Waals surface area contributed by atoms with Gasteiger partial charge in [0.25, 0.3) is 0 Å². The van der Waals surface area contributed by atoms with Crippen molar-refractivity contribution < 1.29 is 4.42 Å². The minimum Gasteiger partial charge on any atom is -0.456 e. The highest BCUT2D eigenvalue weighted by Gasteiger charge is 2.27. The van der Waals surface area contributed by atoms with Crippen molar-refractivity contribution in [3.8, 4) is 11.1 Å². The molecule has 0 saturated heterocycles. The minimum absolute atomic E-state index is 0.447. The second kappa shape index (κ2) is 11.5. The molecule has 0 aliphatic carbocycles. The van der Waals surface area contributed by atoms with Crippen molar-refractivity contribution >= 4 is 86.7 Å². The number of nitrogens with one attached hydrogen (secondary N) is 1. The van der Waals surface area contributed by atoms with E-state index >= 15 is 0 Å². The zero-order valence-electron chi connectivity index (χ0n) is 27.9. The van der Waals surface area contributed by atoms with E-state index in [-0.39, 0.29) is 0 Å². The molecule has 1 aliphatic heterocycles. The standard InChI is InChI=1S/C47H29N3OS/c1-2-13-30-25-31(24-23-28(30)11-1)45-48-46(38-20-10-19-36-35-16-6-8-22-42(35)52-44(36)38)50-47(49-45)39-26-32(34-18-9-14-29-12-3-4-15-33(29)34)27-41-43(39)37-17-5-7-21-40(37)51-41/h1-27,47H,(H,48,49,50). The predicted molar refractivity (Wildman–Crippen MR) is 219 cm³/mol. The summed E-state index contributed by atoms with van der Waals surface area (Å²) in [4.78, 5) is 10.8. The monoisotopic (exact) mass is 683 g/mol. The SMILES string of the molecule is c1ccc2cc(C3=NC(c4cc(-c5cccc6ccccc56)cc5oc6ccccc6c45)NC(c4cccc5c4sc4ccccc45)=N3)ccc2c1. The van der Waals surface area contributed by atoms with Crippen molar-refractivity contribution in [1.29, 1.82) is 0 Å². The van der Waals surface area contributed by atoms with Crippen LogP contribution < -0.4 is 5.32 Å². The van der Waals surface area contributed by atoms with E-state index in [0.717, 1.165) is 61.0 Å². The molecule has 0 fully saturated rings. The molecule has 0 bridgehead atoms. The van der Waals surface area contributed by atoms with Crippen molar-refractivity contribution in [2.75, 3.05) is 0 Å². The smallest absolute Gasteiger partial charge is 0.159 e. The van der Waals surface area contributed by atoms with Gasteiger partial charge in [-0.05, 0) is 69.1 Å². The second-order valence-electron chi connectivity index (χ2n) is 13.4.